The van der Waals surface area contributed by atoms with Gasteiger partial charge in [-0.3, -0.25) is 9.69 Å². The number of urea groups is 1. The molecule has 0 saturated heterocycles. The van der Waals surface area contributed by atoms with E-state index < -0.39 is 47.3 Å². The molecule has 1 aliphatic rings. The van der Waals surface area contributed by atoms with Crippen molar-refractivity contribution in [2.75, 3.05) is 19.1 Å². The molecule has 0 aromatic heterocycles. The molecule has 0 atom stereocenters. The van der Waals surface area contributed by atoms with Gasteiger partial charge in [-0.25, -0.2) is 22.4 Å². The minimum absolute atomic E-state index is 0.0360. The van der Waals surface area contributed by atoms with E-state index in [9.17, 15) is 27.2 Å². The molecule has 3 amide bonds. The van der Waals surface area contributed by atoms with Gasteiger partial charge in [0, 0.05) is 49.0 Å². The Bertz CT molecular complexity index is 1290. The number of nitrogens with one attached hydrogen (secondary N) is 1. The smallest absolute Gasteiger partial charge is 0.324 e. The van der Waals surface area contributed by atoms with E-state index in [0.717, 1.165) is 5.56 Å². The van der Waals surface area contributed by atoms with E-state index in [1.165, 1.54) is 41.2 Å². The third-order valence-electron chi connectivity index (χ3n) is 5.73. The van der Waals surface area contributed by atoms with Crippen LogP contribution >= 0.6 is 0 Å². The summed E-state index contributed by atoms with van der Waals surface area (Å²) in [7, 11) is 2.94. The number of fused-ring (bicyclic) bond motifs is 1. The Labute approximate surface area is 198 Å². The van der Waals surface area contributed by atoms with Crippen LogP contribution in [0.5, 0.6) is 5.75 Å². The molecule has 3 aromatic rings. The maximum Gasteiger partial charge on any atom is 0.324 e. The Morgan fingerprint density at radius 3 is 2.46 bits per heavy atom. The molecule has 3 aromatic carbocycles. The molecule has 4 rings (SSSR count). The van der Waals surface area contributed by atoms with Gasteiger partial charge in [0.1, 0.15) is 17.5 Å². The molecule has 1 N–H and O–H groups in total. The highest BCUT2D eigenvalue weighted by Crippen LogP contribution is 2.32. The summed E-state index contributed by atoms with van der Waals surface area (Å²) in [5.41, 5.74) is 0.991. The fourth-order valence-corrected chi connectivity index (χ4v) is 3.89. The molecule has 0 radical (unpaired) electrons. The lowest BCUT2D eigenvalue weighted by molar-refractivity contribution is 0.0950. The first-order valence-corrected chi connectivity index (χ1v) is 10.6. The molecule has 1 aliphatic heterocycles. The number of methoxy groups -OCH3 is 1. The van der Waals surface area contributed by atoms with E-state index in [1.807, 2.05) is 0 Å². The van der Waals surface area contributed by atoms with E-state index >= 15 is 0 Å². The van der Waals surface area contributed by atoms with Crippen LogP contribution in [0.2, 0.25) is 0 Å². The van der Waals surface area contributed by atoms with E-state index in [4.69, 9.17) is 4.74 Å². The maximum atomic E-state index is 14.8. The Balaban J connectivity index is 1.61. The second kappa shape index (κ2) is 9.65. The van der Waals surface area contributed by atoms with Gasteiger partial charge in [0.05, 0.1) is 19.3 Å². The predicted molar refractivity (Wildman–Crippen MR) is 120 cm³/mol. The maximum absolute atomic E-state index is 14.8. The number of benzene rings is 3. The molecule has 10 heteroatoms. The molecule has 182 valence electrons. The number of ether oxygens (including phenoxy) is 1. The lowest BCUT2D eigenvalue weighted by Crippen LogP contribution is -2.45. The predicted octanol–water partition coefficient (Wildman–Crippen LogP) is 4.75. The van der Waals surface area contributed by atoms with E-state index in [1.54, 1.807) is 19.2 Å². The number of rotatable bonds is 6. The van der Waals surface area contributed by atoms with E-state index in [2.05, 4.69) is 5.32 Å². The molecular weight excluding hydrogens is 466 g/mol. The minimum Gasteiger partial charge on any atom is -0.494 e. The van der Waals surface area contributed by atoms with E-state index in [0.29, 0.717) is 17.8 Å². The number of halogens is 4. The van der Waals surface area contributed by atoms with Crippen molar-refractivity contribution in [3.8, 4) is 5.75 Å². The van der Waals surface area contributed by atoms with Crippen molar-refractivity contribution in [1.29, 1.82) is 0 Å². The molecular formula is C25H21F4N3O3. The zero-order valence-corrected chi connectivity index (χ0v) is 18.9. The van der Waals surface area contributed by atoms with Crippen LogP contribution in [-0.2, 0) is 19.6 Å². The van der Waals surface area contributed by atoms with Crippen LogP contribution in [0, 0.1) is 23.3 Å². The molecule has 6 nitrogen and oxygen atoms in total. The first kappa shape index (κ1) is 24.1. The van der Waals surface area contributed by atoms with Crippen LogP contribution in [0.3, 0.4) is 0 Å². The van der Waals surface area contributed by atoms with Gasteiger partial charge in [-0.1, -0.05) is 18.2 Å². The average Bonchev–Trinajstić information content (AvgIpc) is 2.82. The quantitative estimate of drug-likeness (QED) is 0.511. The number of hydrogen-bond donors (Lipinski definition) is 1. The van der Waals surface area contributed by atoms with Gasteiger partial charge in [0.15, 0.2) is 11.6 Å². The Kier molecular flexibility index (Phi) is 6.63. The van der Waals surface area contributed by atoms with Crippen LogP contribution in [0.25, 0.3) is 0 Å². The van der Waals surface area contributed by atoms with Gasteiger partial charge in [0.25, 0.3) is 5.91 Å². The molecule has 35 heavy (non-hydrogen) atoms. The molecule has 0 spiro atoms. The van der Waals surface area contributed by atoms with Crippen LogP contribution in [0.15, 0.2) is 48.5 Å². The highest BCUT2D eigenvalue weighted by Gasteiger charge is 2.30. The molecule has 1 heterocycles. The van der Waals surface area contributed by atoms with Crippen molar-refractivity contribution in [1.82, 2.24) is 10.2 Å². The first-order chi connectivity index (χ1) is 16.7. The van der Waals surface area contributed by atoms with Crippen molar-refractivity contribution in [3.05, 3.63) is 94.1 Å². The standard InChI is InChI=1S/C25H21F4N3O3/c1-31-12-15-7-6-14(24(33)30-11-18-19(27)9-17(26)10-20(18)28)8-21(15)32(25(31)34)13-16-4-3-5-22(35-2)23(16)29/h3-10H,11-13H2,1-2H3,(H,30,33). The van der Waals surface area contributed by atoms with Crippen molar-refractivity contribution in [2.24, 2.45) is 0 Å². The second-order valence-electron chi connectivity index (χ2n) is 8.03. The number of nitrogens with zero attached hydrogens (tertiary/aromatic N) is 2. The molecule has 0 fully saturated rings. The van der Waals surface area contributed by atoms with Gasteiger partial charge in [-0.2, -0.15) is 0 Å². The van der Waals surface area contributed by atoms with Gasteiger partial charge < -0.3 is 15.0 Å². The van der Waals surface area contributed by atoms with Gasteiger partial charge in [-0.15, -0.1) is 0 Å². The fraction of sp³-hybridized carbons (Fsp3) is 0.200. The van der Waals surface area contributed by atoms with Gasteiger partial charge in [-0.05, 0) is 23.8 Å². The summed E-state index contributed by atoms with van der Waals surface area (Å²) in [6, 6.07) is 9.89. The van der Waals surface area contributed by atoms with Crippen LogP contribution < -0.4 is 15.0 Å². The molecule has 0 bridgehead atoms. The largest absolute Gasteiger partial charge is 0.494 e. The van der Waals surface area contributed by atoms with Gasteiger partial charge in [0.2, 0.25) is 0 Å². The summed E-state index contributed by atoms with van der Waals surface area (Å²) < 4.78 is 60.7. The highest BCUT2D eigenvalue weighted by atomic mass is 19.1. The summed E-state index contributed by atoms with van der Waals surface area (Å²) in [6.45, 7) is -0.344. The number of amides is 3. The van der Waals surface area contributed by atoms with Crippen molar-refractivity contribution in [2.45, 2.75) is 19.6 Å². The normalized spacial score (nSPS) is 13.0. The molecule has 0 saturated carbocycles. The topological polar surface area (TPSA) is 61.9 Å². The average molecular weight is 487 g/mol. The lowest BCUT2D eigenvalue weighted by Gasteiger charge is -2.35. The van der Waals surface area contributed by atoms with E-state index in [-0.39, 0.29) is 30.0 Å². The third-order valence-corrected chi connectivity index (χ3v) is 5.73. The second-order valence-corrected chi connectivity index (χ2v) is 8.03. The Hall–Kier alpha value is -4.08. The summed E-state index contributed by atoms with van der Waals surface area (Å²) in [5, 5.41) is 2.40. The fourth-order valence-electron chi connectivity index (χ4n) is 3.89. The number of carbonyl (C=O) groups is 2. The molecule has 0 unspecified atom stereocenters. The van der Waals surface area contributed by atoms with Crippen molar-refractivity contribution < 1.29 is 31.9 Å². The number of anilines is 1. The van der Waals surface area contributed by atoms with Crippen molar-refractivity contribution >= 4 is 17.6 Å². The first-order valence-electron chi connectivity index (χ1n) is 10.6. The highest BCUT2D eigenvalue weighted by molar-refractivity contribution is 5.99. The SMILES string of the molecule is COc1cccc(CN2C(=O)N(C)Cc3ccc(C(=O)NCc4c(F)cc(F)cc4F)cc32)c1F. The summed E-state index contributed by atoms with van der Waals surface area (Å²) in [5.74, 6) is -4.52. The summed E-state index contributed by atoms with van der Waals surface area (Å²) >= 11 is 0. The van der Waals surface area contributed by atoms with Crippen LogP contribution in [0.4, 0.5) is 28.0 Å². The summed E-state index contributed by atoms with van der Waals surface area (Å²) in [4.78, 5) is 28.5. The van der Waals surface area contributed by atoms with Gasteiger partial charge >= 0.3 is 6.03 Å². The van der Waals surface area contributed by atoms with Crippen LogP contribution in [0.1, 0.15) is 27.0 Å². The number of hydrogen-bond acceptors (Lipinski definition) is 3. The van der Waals surface area contributed by atoms with Crippen LogP contribution in [-0.4, -0.2) is 31.0 Å². The molecule has 0 aliphatic carbocycles. The Morgan fingerprint density at radius 2 is 1.77 bits per heavy atom. The third kappa shape index (κ3) is 4.77. The zero-order chi connectivity index (χ0) is 25.3. The van der Waals surface area contributed by atoms with Crippen molar-refractivity contribution in [3.63, 3.8) is 0 Å². The lowest BCUT2D eigenvalue weighted by atomic mass is 10.0. The Morgan fingerprint density at radius 1 is 1.06 bits per heavy atom. The minimum atomic E-state index is -1.12. The number of carbonyl (C=O) groups excluding carboxylic acids is 2. The zero-order valence-electron chi connectivity index (χ0n) is 18.9. The summed E-state index contributed by atoms with van der Waals surface area (Å²) in [6.07, 6.45) is 0. The monoisotopic (exact) mass is 487 g/mol.